The van der Waals surface area contributed by atoms with Crippen LogP contribution in [0.3, 0.4) is 0 Å². The first-order chi connectivity index (χ1) is 10.2. The van der Waals surface area contributed by atoms with Crippen LogP contribution in [0, 0.1) is 0 Å². The Morgan fingerprint density at radius 2 is 1.57 bits per heavy atom. The lowest BCUT2D eigenvalue weighted by Gasteiger charge is -2.04. The Balaban J connectivity index is 1.89. The molecule has 0 spiro atoms. The molecule has 1 aromatic heterocycles. The molecule has 0 aliphatic carbocycles. The number of carboxylic acids is 1. The monoisotopic (exact) mass is 312 g/mol. The normalized spacial score (nSPS) is 10.7. The number of aromatic carboxylic acids is 1. The second-order valence-electron chi connectivity index (χ2n) is 5.45. The van der Waals surface area contributed by atoms with Gasteiger partial charge in [0.2, 0.25) is 0 Å². The summed E-state index contributed by atoms with van der Waals surface area (Å²) in [6.07, 6.45) is 13.1. The Labute approximate surface area is 132 Å². The van der Waals surface area contributed by atoms with Crippen LogP contribution in [-0.2, 0) is 0 Å². The Morgan fingerprint density at radius 1 is 1.00 bits per heavy atom. The van der Waals surface area contributed by atoms with Crippen molar-refractivity contribution in [2.75, 3.05) is 6.61 Å². The van der Waals surface area contributed by atoms with Gasteiger partial charge in [-0.1, -0.05) is 76.0 Å². The largest absolute Gasteiger partial charge is 0.484 e. The van der Waals surface area contributed by atoms with E-state index in [1.165, 1.54) is 69.1 Å². The summed E-state index contributed by atoms with van der Waals surface area (Å²) < 4.78 is 5.56. The fourth-order valence-corrected chi connectivity index (χ4v) is 2.99. The fraction of sp³-hybridized carbons (Fsp3) is 0.706. The molecule has 0 atom stereocenters. The zero-order valence-electron chi connectivity index (χ0n) is 13.1. The highest BCUT2D eigenvalue weighted by Crippen LogP contribution is 2.24. The molecule has 1 N–H and O–H groups in total. The zero-order valence-corrected chi connectivity index (χ0v) is 13.9. The molecule has 0 fully saturated rings. The lowest BCUT2D eigenvalue weighted by Crippen LogP contribution is -1.95. The molecule has 0 amide bonds. The van der Waals surface area contributed by atoms with Crippen molar-refractivity contribution in [3.63, 3.8) is 0 Å². The van der Waals surface area contributed by atoms with Gasteiger partial charge in [-0.3, -0.25) is 0 Å². The Morgan fingerprint density at radius 3 is 2.10 bits per heavy atom. The number of hydrogen-bond donors (Lipinski definition) is 1. The molecule has 3 nitrogen and oxygen atoms in total. The van der Waals surface area contributed by atoms with Gasteiger partial charge in [-0.25, -0.2) is 4.79 Å². The van der Waals surface area contributed by atoms with Crippen LogP contribution in [0.1, 0.15) is 80.8 Å². The molecule has 21 heavy (non-hydrogen) atoms. The average Bonchev–Trinajstić information content (AvgIpc) is 2.94. The number of rotatable bonds is 13. The number of unbranched alkanes of at least 4 members (excludes halogenated alkanes) is 9. The highest BCUT2D eigenvalue weighted by atomic mass is 32.1. The molecule has 0 bridgehead atoms. The van der Waals surface area contributed by atoms with Crippen molar-refractivity contribution in [3.8, 4) is 5.06 Å². The molecular formula is C17H28O3S. The molecule has 1 heterocycles. The molecule has 1 rings (SSSR count). The molecule has 120 valence electrons. The van der Waals surface area contributed by atoms with Crippen LogP contribution in [0.2, 0.25) is 0 Å². The fourth-order valence-electron chi connectivity index (χ4n) is 2.27. The van der Waals surface area contributed by atoms with E-state index in [0.717, 1.165) is 6.42 Å². The van der Waals surface area contributed by atoms with Crippen molar-refractivity contribution in [1.82, 2.24) is 0 Å². The van der Waals surface area contributed by atoms with Crippen LogP contribution in [0.4, 0.5) is 0 Å². The molecule has 1 aromatic rings. The third kappa shape index (κ3) is 8.76. The molecule has 0 saturated carbocycles. The number of hydrogen-bond acceptors (Lipinski definition) is 3. The van der Waals surface area contributed by atoms with E-state index in [1.54, 1.807) is 12.1 Å². The first-order valence-electron chi connectivity index (χ1n) is 8.20. The predicted molar refractivity (Wildman–Crippen MR) is 88.6 cm³/mol. The summed E-state index contributed by atoms with van der Waals surface area (Å²) >= 11 is 1.20. The maximum atomic E-state index is 10.7. The molecule has 4 heteroatoms. The zero-order chi connectivity index (χ0) is 15.3. The average molecular weight is 312 g/mol. The van der Waals surface area contributed by atoms with Crippen LogP contribution in [0.25, 0.3) is 0 Å². The van der Waals surface area contributed by atoms with Gasteiger partial charge < -0.3 is 9.84 Å². The lowest BCUT2D eigenvalue weighted by molar-refractivity contribution is 0.0702. The molecule has 0 aromatic carbocycles. The Hall–Kier alpha value is -1.03. The van der Waals surface area contributed by atoms with Crippen molar-refractivity contribution >= 4 is 17.3 Å². The molecule has 0 aliphatic rings. The van der Waals surface area contributed by atoms with E-state index in [0.29, 0.717) is 16.5 Å². The summed E-state index contributed by atoms with van der Waals surface area (Å²) in [5.41, 5.74) is 0. The standard InChI is InChI=1S/C17H28O3S/c1-2-3-4-5-6-7-8-9-10-11-14-20-16-13-12-15(21-16)17(18)19/h12-13H,2-11,14H2,1H3,(H,18,19). The second-order valence-corrected chi connectivity index (χ2v) is 6.50. The van der Waals surface area contributed by atoms with Gasteiger partial charge in [-0.2, -0.15) is 0 Å². The molecule has 0 unspecified atom stereocenters. The van der Waals surface area contributed by atoms with Gasteiger partial charge >= 0.3 is 5.97 Å². The van der Waals surface area contributed by atoms with E-state index in [2.05, 4.69) is 6.92 Å². The topological polar surface area (TPSA) is 46.5 Å². The summed E-state index contributed by atoms with van der Waals surface area (Å²) in [7, 11) is 0. The van der Waals surface area contributed by atoms with E-state index < -0.39 is 5.97 Å². The molecule has 0 radical (unpaired) electrons. The summed E-state index contributed by atoms with van der Waals surface area (Å²) in [6.45, 7) is 2.94. The molecule has 0 saturated heterocycles. The van der Waals surface area contributed by atoms with Gasteiger partial charge in [0, 0.05) is 0 Å². The Kier molecular flexibility index (Phi) is 9.96. The summed E-state index contributed by atoms with van der Waals surface area (Å²) in [5.74, 6) is -0.881. The van der Waals surface area contributed by atoms with Gasteiger partial charge in [0.15, 0.2) is 5.06 Å². The van der Waals surface area contributed by atoms with Gasteiger partial charge in [-0.05, 0) is 18.6 Å². The highest BCUT2D eigenvalue weighted by Gasteiger charge is 2.07. The second kappa shape index (κ2) is 11.6. The number of carboxylic acid groups (broad SMARTS) is 1. The minimum absolute atomic E-state index is 0.341. The van der Waals surface area contributed by atoms with Gasteiger partial charge in [0.1, 0.15) is 4.88 Å². The quantitative estimate of drug-likeness (QED) is 0.472. The predicted octanol–water partition coefficient (Wildman–Crippen LogP) is 5.75. The van der Waals surface area contributed by atoms with Crippen molar-refractivity contribution < 1.29 is 14.6 Å². The third-order valence-electron chi connectivity index (χ3n) is 3.53. The Bertz CT molecular complexity index is 387. The number of ether oxygens (including phenoxy) is 1. The molecule has 0 aliphatic heterocycles. The van der Waals surface area contributed by atoms with Crippen LogP contribution < -0.4 is 4.74 Å². The van der Waals surface area contributed by atoms with E-state index in [1.807, 2.05) is 0 Å². The van der Waals surface area contributed by atoms with E-state index in [9.17, 15) is 4.79 Å². The lowest BCUT2D eigenvalue weighted by atomic mass is 10.1. The SMILES string of the molecule is CCCCCCCCCCCCOc1ccc(C(=O)O)s1. The van der Waals surface area contributed by atoms with Crippen LogP contribution >= 0.6 is 11.3 Å². The van der Waals surface area contributed by atoms with E-state index in [4.69, 9.17) is 9.84 Å². The van der Waals surface area contributed by atoms with Gasteiger partial charge in [-0.15, -0.1) is 0 Å². The minimum Gasteiger partial charge on any atom is -0.484 e. The summed E-state index contributed by atoms with van der Waals surface area (Å²) in [6, 6.07) is 3.34. The minimum atomic E-state index is -0.881. The van der Waals surface area contributed by atoms with Crippen molar-refractivity contribution in [2.24, 2.45) is 0 Å². The molecular weight excluding hydrogens is 284 g/mol. The summed E-state index contributed by atoms with van der Waals surface area (Å²) in [5, 5.41) is 9.52. The van der Waals surface area contributed by atoms with Gasteiger partial charge in [0.25, 0.3) is 0 Å². The van der Waals surface area contributed by atoms with E-state index >= 15 is 0 Å². The first kappa shape index (κ1) is 18.0. The maximum absolute atomic E-state index is 10.7. The van der Waals surface area contributed by atoms with Crippen molar-refractivity contribution in [2.45, 2.75) is 71.1 Å². The van der Waals surface area contributed by atoms with Crippen molar-refractivity contribution in [3.05, 3.63) is 17.0 Å². The van der Waals surface area contributed by atoms with Crippen LogP contribution in [-0.4, -0.2) is 17.7 Å². The number of carbonyl (C=O) groups is 1. The third-order valence-corrected chi connectivity index (χ3v) is 4.52. The van der Waals surface area contributed by atoms with E-state index in [-0.39, 0.29) is 0 Å². The first-order valence-corrected chi connectivity index (χ1v) is 9.01. The maximum Gasteiger partial charge on any atom is 0.345 e. The highest BCUT2D eigenvalue weighted by molar-refractivity contribution is 7.15. The van der Waals surface area contributed by atoms with Gasteiger partial charge in [0.05, 0.1) is 6.61 Å². The van der Waals surface area contributed by atoms with Crippen LogP contribution in [0.5, 0.6) is 5.06 Å². The smallest absolute Gasteiger partial charge is 0.345 e. The van der Waals surface area contributed by atoms with Crippen molar-refractivity contribution in [1.29, 1.82) is 0 Å². The summed E-state index contributed by atoms with van der Waals surface area (Å²) in [4.78, 5) is 11.1. The number of thiophene rings is 1. The van der Waals surface area contributed by atoms with Crippen LogP contribution in [0.15, 0.2) is 12.1 Å².